The van der Waals surface area contributed by atoms with Crippen molar-refractivity contribution >= 4 is 18.6 Å². The number of hydrogen-bond acceptors (Lipinski definition) is 3. The molecule has 2 heterocycles. The Labute approximate surface area is 78.8 Å². The Balaban J connectivity index is 2.89. The van der Waals surface area contributed by atoms with Crippen molar-refractivity contribution in [2.45, 2.75) is 13.0 Å². The second-order valence-electron chi connectivity index (χ2n) is 2.83. The lowest BCUT2D eigenvalue weighted by Gasteiger charge is -1.97. The summed E-state index contributed by atoms with van der Waals surface area (Å²) in [6.45, 7) is 0.0513. The van der Waals surface area contributed by atoms with E-state index < -0.39 is 0 Å². The summed E-state index contributed by atoms with van der Waals surface area (Å²) in [7, 11) is 0. The Hall–Kier alpha value is -2.00. The van der Waals surface area contributed by atoms with Crippen molar-refractivity contribution in [3.8, 4) is 0 Å². The summed E-state index contributed by atoms with van der Waals surface area (Å²) in [5.74, 6) is 0. The largest absolute Gasteiger partial charge is 0.437 e. The van der Waals surface area contributed by atoms with Crippen molar-refractivity contribution in [1.82, 2.24) is 14.2 Å². The highest BCUT2D eigenvalue weighted by molar-refractivity contribution is 5.64. The molecule has 0 bridgehead atoms. The summed E-state index contributed by atoms with van der Waals surface area (Å²) < 4.78 is 5.40. The van der Waals surface area contributed by atoms with Crippen LogP contribution in [0.4, 0.5) is 0 Å². The van der Waals surface area contributed by atoms with Crippen LogP contribution in [0.5, 0.6) is 0 Å². The fourth-order valence-electron chi connectivity index (χ4n) is 1.36. The smallest absolute Gasteiger partial charge is 0.301 e. The molecule has 0 atom stereocenters. The zero-order valence-corrected chi connectivity index (χ0v) is 7.38. The van der Waals surface area contributed by atoms with Crippen molar-refractivity contribution in [1.29, 1.82) is 0 Å². The molecule has 0 saturated carbocycles. The monoisotopic (exact) mass is 190 g/mol. The van der Waals surface area contributed by atoms with Gasteiger partial charge in [-0.1, -0.05) is 0 Å². The van der Waals surface area contributed by atoms with Crippen molar-refractivity contribution < 1.29 is 4.79 Å². The van der Waals surface area contributed by atoms with E-state index in [0.717, 1.165) is 0 Å². The third-order valence-corrected chi connectivity index (χ3v) is 1.97. The van der Waals surface area contributed by atoms with Crippen molar-refractivity contribution in [3.05, 3.63) is 27.4 Å². The van der Waals surface area contributed by atoms with Gasteiger partial charge in [0.1, 0.15) is 6.29 Å². The Morgan fingerprint density at radius 3 is 3.29 bits per heavy atom. The third kappa shape index (κ3) is 1.30. The Morgan fingerprint density at radius 2 is 2.50 bits per heavy atom. The molecule has 0 spiro atoms. The van der Waals surface area contributed by atoms with Gasteiger partial charge in [-0.05, 0) is 11.1 Å². The molecule has 14 heavy (non-hydrogen) atoms. The van der Waals surface area contributed by atoms with E-state index in [9.17, 15) is 9.59 Å². The van der Waals surface area contributed by atoms with Gasteiger partial charge in [-0.2, -0.15) is 0 Å². The molecule has 1 aromatic rings. The van der Waals surface area contributed by atoms with Gasteiger partial charge < -0.3 is 4.79 Å². The number of aromatic nitrogens is 2. The Kier molecular flexibility index (Phi) is 2.08. The SMILES string of the molecule is O=CCn1c(=O)cnc2c1=CCC=[N+]=2. The van der Waals surface area contributed by atoms with Crippen LogP contribution in [-0.2, 0) is 11.3 Å². The number of hydrogen-bond donors (Lipinski definition) is 0. The lowest BCUT2D eigenvalue weighted by Crippen LogP contribution is -2.47. The van der Waals surface area contributed by atoms with Gasteiger partial charge in [0, 0.05) is 6.42 Å². The standard InChI is InChI=1S/C9H8N3O2/c13-5-4-12-7-2-1-3-10-9(7)11-6-8(12)14/h2-3,5-6H,1,4H2/q+1. The van der Waals surface area contributed by atoms with E-state index in [4.69, 9.17) is 0 Å². The molecular weight excluding hydrogens is 182 g/mol. The first-order valence-electron chi connectivity index (χ1n) is 4.22. The highest BCUT2D eigenvalue weighted by Gasteiger charge is 2.08. The van der Waals surface area contributed by atoms with E-state index in [1.807, 2.05) is 6.08 Å². The predicted molar refractivity (Wildman–Crippen MR) is 50.2 cm³/mol. The summed E-state index contributed by atoms with van der Waals surface area (Å²) in [5, 5.41) is 0.632. The van der Waals surface area contributed by atoms with Crippen LogP contribution in [0, 0.1) is 0 Å². The molecule has 2 rings (SSSR count). The molecule has 0 aliphatic carbocycles. The second-order valence-corrected chi connectivity index (χ2v) is 2.83. The average molecular weight is 190 g/mol. The van der Waals surface area contributed by atoms with Gasteiger partial charge in [0.15, 0.2) is 11.6 Å². The van der Waals surface area contributed by atoms with E-state index in [2.05, 4.69) is 9.65 Å². The van der Waals surface area contributed by atoms with E-state index in [1.165, 1.54) is 10.8 Å². The normalized spacial score (nSPS) is 12.6. The highest BCUT2D eigenvalue weighted by atomic mass is 16.1. The molecular formula is C9H8N3O2+. The maximum Gasteiger partial charge on any atom is 0.437 e. The first-order valence-corrected chi connectivity index (χ1v) is 4.22. The summed E-state index contributed by atoms with van der Waals surface area (Å²) in [4.78, 5) is 25.6. The Bertz CT molecular complexity index is 579. The first kappa shape index (κ1) is 8.59. The zero-order valence-electron chi connectivity index (χ0n) is 7.38. The van der Waals surface area contributed by atoms with E-state index in [0.29, 0.717) is 23.5 Å². The third-order valence-electron chi connectivity index (χ3n) is 1.97. The number of fused-ring (bicyclic) bond motifs is 1. The minimum Gasteiger partial charge on any atom is -0.301 e. The molecule has 1 aromatic heterocycles. The van der Waals surface area contributed by atoms with Crippen molar-refractivity contribution in [2.24, 2.45) is 0 Å². The maximum atomic E-state index is 11.4. The fraction of sp³-hybridized carbons (Fsp3) is 0.222. The topological polar surface area (TPSA) is 66.1 Å². The van der Waals surface area contributed by atoms with E-state index in [1.54, 1.807) is 6.21 Å². The van der Waals surface area contributed by atoms with Crippen LogP contribution < -0.4 is 21.1 Å². The van der Waals surface area contributed by atoms with Crippen LogP contribution in [0.2, 0.25) is 0 Å². The Morgan fingerprint density at radius 1 is 1.64 bits per heavy atom. The maximum absolute atomic E-state index is 11.4. The summed E-state index contributed by atoms with van der Waals surface area (Å²) in [6, 6.07) is 0. The quantitative estimate of drug-likeness (QED) is 0.379. The fourth-order valence-corrected chi connectivity index (χ4v) is 1.36. The van der Waals surface area contributed by atoms with E-state index in [-0.39, 0.29) is 12.1 Å². The first-order chi connectivity index (χ1) is 6.83. The van der Waals surface area contributed by atoms with Crippen LogP contribution in [-0.4, -0.2) is 22.1 Å². The lowest BCUT2D eigenvalue weighted by molar-refractivity contribution is -0.108. The molecule has 1 aliphatic rings. The molecule has 0 unspecified atom stereocenters. The number of carbonyl (C=O) groups is 1. The summed E-state index contributed by atoms with van der Waals surface area (Å²) in [6.07, 6.45) is 6.08. The highest BCUT2D eigenvalue weighted by Crippen LogP contribution is 1.73. The second kappa shape index (κ2) is 3.40. The van der Waals surface area contributed by atoms with Crippen LogP contribution in [0.1, 0.15) is 6.42 Å². The van der Waals surface area contributed by atoms with Gasteiger partial charge >= 0.3 is 5.49 Å². The van der Waals surface area contributed by atoms with Crippen LogP contribution in [0.3, 0.4) is 0 Å². The van der Waals surface area contributed by atoms with Crippen molar-refractivity contribution in [3.63, 3.8) is 0 Å². The number of nitrogens with zero attached hydrogens (tertiary/aromatic N) is 3. The molecule has 0 N–H and O–H groups in total. The van der Waals surface area contributed by atoms with Gasteiger partial charge in [-0.15, -0.1) is 0 Å². The summed E-state index contributed by atoms with van der Waals surface area (Å²) >= 11 is 0. The molecule has 0 saturated heterocycles. The van der Waals surface area contributed by atoms with E-state index >= 15 is 0 Å². The molecule has 0 aromatic carbocycles. The summed E-state index contributed by atoms with van der Waals surface area (Å²) in [5.41, 5.74) is 0.224. The van der Waals surface area contributed by atoms with Gasteiger partial charge in [-0.3, -0.25) is 9.36 Å². The molecule has 0 fully saturated rings. The average Bonchev–Trinajstić information content (AvgIpc) is 2.23. The van der Waals surface area contributed by atoms with Crippen molar-refractivity contribution in [2.75, 3.05) is 0 Å². The zero-order chi connectivity index (χ0) is 9.97. The minimum atomic E-state index is -0.274. The van der Waals surface area contributed by atoms with Crippen LogP contribution in [0.25, 0.3) is 6.08 Å². The number of aldehydes is 1. The number of carbonyl (C=O) groups excluding carboxylic acids is 1. The van der Waals surface area contributed by atoms with Gasteiger partial charge in [0.05, 0.1) is 6.54 Å². The molecule has 70 valence electrons. The van der Waals surface area contributed by atoms with Gasteiger partial charge in [0.25, 0.3) is 5.56 Å². The number of rotatable bonds is 2. The van der Waals surface area contributed by atoms with Gasteiger partial charge in [0.2, 0.25) is 6.20 Å². The van der Waals surface area contributed by atoms with Crippen LogP contribution in [0.15, 0.2) is 11.0 Å². The molecule has 5 nitrogen and oxygen atoms in total. The molecule has 0 radical (unpaired) electrons. The molecule has 5 heteroatoms. The van der Waals surface area contributed by atoms with Crippen LogP contribution >= 0.6 is 0 Å². The molecule has 0 amide bonds. The lowest BCUT2D eigenvalue weighted by atomic mass is 10.3. The van der Waals surface area contributed by atoms with Gasteiger partial charge in [-0.25, -0.2) is 4.67 Å². The molecule has 1 aliphatic heterocycles. The predicted octanol–water partition coefficient (Wildman–Crippen LogP) is -2.62. The minimum absolute atomic E-state index is 0.0513.